The third-order valence-electron chi connectivity index (χ3n) is 2.86. The molecule has 0 fully saturated rings. The first-order valence-corrected chi connectivity index (χ1v) is 6.97. The first-order valence-electron chi connectivity index (χ1n) is 5.80. The molecule has 5 heteroatoms. The number of rotatable bonds is 3. The zero-order chi connectivity index (χ0) is 13.2. The summed E-state index contributed by atoms with van der Waals surface area (Å²) in [6.07, 6.45) is 0. The van der Waals surface area contributed by atoms with E-state index < -0.39 is 0 Å². The molecule has 0 saturated heterocycles. The summed E-state index contributed by atoms with van der Waals surface area (Å²) < 4.78 is 11.7. The lowest BCUT2D eigenvalue weighted by Gasteiger charge is -2.09. The molecule has 0 saturated carbocycles. The number of nitrogens with one attached hydrogen (secondary N) is 1. The molecule has 19 heavy (non-hydrogen) atoms. The average Bonchev–Trinajstić information content (AvgIpc) is 2.85. The van der Waals surface area contributed by atoms with Gasteiger partial charge in [-0.15, -0.1) is 0 Å². The number of halogens is 2. The second kappa shape index (κ2) is 5.31. The first-order chi connectivity index (χ1) is 9.22. The van der Waals surface area contributed by atoms with E-state index in [-0.39, 0.29) is 6.79 Å². The van der Waals surface area contributed by atoms with Crippen LogP contribution in [0.2, 0.25) is 5.02 Å². The average molecular weight is 341 g/mol. The number of fused-ring (bicyclic) bond motifs is 1. The monoisotopic (exact) mass is 339 g/mol. The highest BCUT2D eigenvalue weighted by atomic mass is 79.9. The number of hydrogen-bond donors (Lipinski definition) is 1. The van der Waals surface area contributed by atoms with Crippen LogP contribution in [0.25, 0.3) is 0 Å². The fourth-order valence-corrected chi connectivity index (χ4v) is 2.34. The van der Waals surface area contributed by atoms with Crippen LogP contribution in [0, 0.1) is 0 Å². The van der Waals surface area contributed by atoms with Crippen LogP contribution in [0.4, 0.5) is 5.69 Å². The maximum Gasteiger partial charge on any atom is 0.231 e. The van der Waals surface area contributed by atoms with Crippen molar-refractivity contribution in [2.45, 2.75) is 6.54 Å². The highest BCUT2D eigenvalue weighted by molar-refractivity contribution is 9.10. The van der Waals surface area contributed by atoms with Crippen LogP contribution >= 0.6 is 27.5 Å². The zero-order valence-corrected chi connectivity index (χ0v) is 12.3. The molecule has 0 amide bonds. The van der Waals surface area contributed by atoms with Gasteiger partial charge in [0.05, 0.1) is 10.7 Å². The Labute approximate surface area is 124 Å². The Morgan fingerprint density at radius 2 is 1.79 bits per heavy atom. The van der Waals surface area contributed by atoms with E-state index in [0.29, 0.717) is 17.3 Å². The molecule has 98 valence electrons. The van der Waals surface area contributed by atoms with Gasteiger partial charge in [-0.2, -0.15) is 0 Å². The van der Waals surface area contributed by atoms with Gasteiger partial charge in [-0.3, -0.25) is 0 Å². The van der Waals surface area contributed by atoms with Crippen LogP contribution in [-0.2, 0) is 6.54 Å². The summed E-state index contributed by atoms with van der Waals surface area (Å²) in [7, 11) is 0. The molecule has 0 unspecified atom stereocenters. The zero-order valence-electron chi connectivity index (χ0n) is 9.95. The van der Waals surface area contributed by atoms with Crippen molar-refractivity contribution in [3.05, 3.63) is 51.5 Å². The summed E-state index contributed by atoms with van der Waals surface area (Å²) >= 11 is 9.61. The van der Waals surface area contributed by atoms with Gasteiger partial charge in [0.15, 0.2) is 11.5 Å². The van der Waals surface area contributed by atoms with Crippen molar-refractivity contribution in [1.82, 2.24) is 0 Å². The highest BCUT2D eigenvalue weighted by Crippen LogP contribution is 2.39. The van der Waals surface area contributed by atoms with Crippen molar-refractivity contribution in [3.63, 3.8) is 0 Å². The van der Waals surface area contributed by atoms with Crippen LogP contribution < -0.4 is 14.8 Å². The van der Waals surface area contributed by atoms with E-state index in [1.807, 2.05) is 18.2 Å². The summed E-state index contributed by atoms with van der Waals surface area (Å²) in [6.45, 7) is 0.953. The number of benzene rings is 2. The van der Waals surface area contributed by atoms with Gasteiger partial charge in [0.1, 0.15) is 0 Å². The third kappa shape index (κ3) is 2.80. The molecular formula is C14H11BrClNO2. The van der Waals surface area contributed by atoms with Crippen LogP contribution in [0.15, 0.2) is 40.9 Å². The standard InChI is InChI=1S/C14H11BrClNO2/c15-10-3-1-9(2-4-10)7-17-12-6-14-13(5-11(12)16)18-8-19-14/h1-6,17H,7-8H2. The third-order valence-corrected chi connectivity index (χ3v) is 3.70. The maximum atomic E-state index is 6.19. The van der Waals surface area contributed by atoms with E-state index in [9.17, 15) is 0 Å². The minimum absolute atomic E-state index is 0.252. The van der Waals surface area contributed by atoms with Crippen molar-refractivity contribution >= 4 is 33.2 Å². The fourth-order valence-electron chi connectivity index (χ4n) is 1.85. The molecule has 1 N–H and O–H groups in total. The summed E-state index contributed by atoms with van der Waals surface area (Å²) in [5.41, 5.74) is 2.02. The van der Waals surface area contributed by atoms with Gasteiger partial charge in [0, 0.05) is 23.2 Å². The molecule has 3 nitrogen and oxygen atoms in total. The van der Waals surface area contributed by atoms with Gasteiger partial charge >= 0.3 is 0 Å². The lowest BCUT2D eigenvalue weighted by molar-refractivity contribution is 0.174. The molecule has 0 aliphatic carbocycles. The van der Waals surface area contributed by atoms with Crippen molar-refractivity contribution < 1.29 is 9.47 Å². The topological polar surface area (TPSA) is 30.5 Å². The van der Waals surface area contributed by atoms with E-state index in [1.165, 1.54) is 5.56 Å². The molecule has 1 aliphatic heterocycles. The smallest absolute Gasteiger partial charge is 0.231 e. The molecule has 0 bridgehead atoms. The fraction of sp³-hybridized carbons (Fsp3) is 0.143. The second-order valence-electron chi connectivity index (χ2n) is 4.17. The van der Waals surface area contributed by atoms with Crippen LogP contribution in [0.3, 0.4) is 0 Å². The Bertz CT molecular complexity index is 601. The van der Waals surface area contributed by atoms with Gasteiger partial charge in [-0.1, -0.05) is 39.7 Å². The minimum Gasteiger partial charge on any atom is -0.454 e. The quantitative estimate of drug-likeness (QED) is 0.896. The Hall–Kier alpha value is -1.39. The molecule has 0 atom stereocenters. The molecule has 2 aromatic carbocycles. The van der Waals surface area contributed by atoms with E-state index in [1.54, 1.807) is 6.07 Å². The Morgan fingerprint density at radius 3 is 2.53 bits per heavy atom. The van der Waals surface area contributed by atoms with E-state index >= 15 is 0 Å². The Balaban J connectivity index is 1.75. The van der Waals surface area contributed by atoms with Crippen LogP contribution in [0.5, 0.6) is 11.5 Å². The number of hydrogen-bond acceptors (Lipinski definition) is 3. The Kier molecular flexibility index (Phi) is 3.53. The molecule has 3 rings (SSSR count). The predicted octanol–water partition coefficient (Wildman–Crippen LogP) is 4.44. The molecule has 2 aromatic rings. The van der Waals surface area contributed by atoms with E-state index in [0.717, 1.165) is 15.9 Å². The lowest BCUT2D eigenvalue weighted by atomic mass is 10.2. The van der Waals surface area contributed by atoms with Crippen molar-refractivity contribution in [3.8, 4) is 11.5 Å². The number of ether oxygens (including phenoxy) is 2. The summed E-state index contributed by atoms with van der Waals surface area (Å²) in [4.78, 5) is 0. The normalized spacial score (nSPS) is 12.5. The summed E-state index contributed by atoms with van der Waals surface area (Å²) in [5.74, 6) is 1.42. The van der Waals surface area contributed by atoms with E-state index in [2.05, 4.69) is 33.4 Å². The number of anilines is 1. The van der Waals surface area contributed by atoms with Gasteiger partial charge in [-0.05, 0) is 17.7 Å². The summed E-state index contributed by atoms with van der Waals surface area (Å²) in [6, 6.07) is 11.8. The first kappa shape index (κ1) is 12.6. The van der Waals surface area contributed by atoms with Crippen LogP contribution in [0.1, 0.15) is 5.56 Å². The highest BCUT2D eigenvalue weighted by Gasteiger charge is 2.16. The van der Waals surface area contributed by atoms with Gasteiger partial charge in [0.2, 0.25) is 6.79 Å². The lowest BCUT2D eigenvalue weighted by Crippen LogP contribution is -1.99. The molecule has 1 aliphatic rings. The Morgan fingerprint density at radius 1 is 1.11 bits per heavy atom. The minimum atomic E-state index is 0.252. The molecule has 0 spiro atoms. The van der Waals surface area contributed by atoms with Gasteiger partial charge < -0.3 is 14.8 Å². The van der Waals surface area contributed by atoms with Gasteiger partial charge in [0.25, 0.3) is 0 Å². The van der Waals surface area contributed by atoms with Gasteiger partial charge in [-0.25, -0.2) is 0 Å². The molecular weight excluding hydrogens is 330 g/mol. The predicted molar refractivity (Wildman–Crippen MR) is 79.0 cm³/mol. The maximum absolute atomic E-state index is 6.19. The second-order valence-corrected chi connectivity index (χ2v) is 5.49. The summed E-state index contributed by atoms with van der Waals surface area (Å²) in [5, 5.41) is 3.92. The molecule has 0 radical (unpaired) electrons. The largest absolute Gasteiger partial charge is 0.454 e. The van der Waals surface area contributed by atoms with Crippen LogP contribution in [-0.4, -0.2) is 6.79 Å². The van der Waals surface area contributed by atoms with Crippen molar-refractivity contribution in [1.29, 1.82) is 0 Å². The van der Waals surface area contributed by atoms with E-state index in [4.69, 9.17) is 21.1 Å². The SMILES string of the molecule is Clc1cc2c(cc1NCc1ccc(Br)cc1)OCO2. The van der Waals surface area contributed by atoms with Crippen molar-refractivity contribution in [2.24, 2.45) is 0 Å². The molecule has 1 heterocycles. The van der Waals surface area contributed by atoms with Crippen molar-refractivity contribution in [2.75, 3.05) is 12.1 Å². The molecule has 0 aromatic heterocycles.